The van der Waals surface area contributed by atoms with Gasteiger partial charge in [0.05, 0.1) is 13.2 Å². The van der Waals surface area contributed by atoms with Crippen molar-refractivity contribution in [2.45, 2.75) is 64.7 Å². The normalized spacial score (nSPS) is 14.7. The van der Waals surface area contributed by atoms with Crippen LogP contribution in [0.25, 0.3) is 0 Å². The van der Waals surface area contributed by atoms with Gasteiger partial charge in [-0.05, 0) is 37.3 Å². The summed E-state index contributed by atoms with van der Waals surface area (Å²) in [5.41, 5.74) is -0.0871. The lowest BCUT2D eigenvalue weighted by atomic mass is 10.2. The number of aromatic nitrogens is 1. The van der Waals surface area contributed by atoms with Crippen LogP contribution in [0.2, 0.25) is 0 Å². The molecule has 1 aromatic heterocycles. The zero-order valence-electron chi connectivity index (χ0n) is 21.1. The van der Waals surface area contributed by atoms with E-state index in [1.165, 1.54) is 6.42 Å². The lowest BCUT2D eigenvalue weighted by Gasteiger charge is -2.34. The number of aromatic carboxylic acids is 1. The van der Waals surface area contributed by atoms with Gasteiger partial charge in [-0.3, -0.25) is 10.2 Å². The molecular weight excluding hydrogens is 470 g/mol. The summed E-state index contributed by atoms with van der Waals surface area (Å²) in [6.07, 6.45) is 9.52. The van der Waals surface area contributed by atoms with Crippen LogP contribution in [0.3, 0.4) is 0 Å². The molecule has 0 atom stereocenters. The summed E-state index contributed by atoms with van der Waals surface area (Å²) in [4.78, 5) is 28.7. The predicted octanol–water partition coefficient (Wildman–Crippen LogP) is 3.48. The molecule has 0 bridgehead atoms. The SMILES string of the molecule is CCCCCCCOc1nsc(NC(=O)NCCCCCCN2CCN(CCO)CC2)c1C(=O)O. The van der Waals surface area contributed by atoms with Crippen molar-refractivity contribution >= 4 is 28.5 Å². The van der Waals surface area contributed by atoms with Crippen LogP contribution in [0.5, 0.6) is 5.88 Å². The van der Waals surface area contributed by atoms with Crippen molar-refractivity contribution in [1.82, 2.24) is 19.5 Å². The Labute approximate surface area is 213 Å². The van der Waals surface area contributed by atoms with Gasteiger partial charge in [0.2, 0.25) is 5.88 Å². The molecule has 2 heterocycles. The summed E-state index contributed by atoms with van der Waals surface area (Å²) in [6.45, 7) is 9.36. The van der Waals surface area contributed by atoms with Crippen LogP contribution in [0, 0.1) is 0 Å². The van der Waals surface area contributed by atoms with E-state index in [0.29, 0.717) is 13.2 Å². The number of nitrogens with zero attached hydrogens (tertiary/aromatic N) is 3. The van der Waals surface area contributed by atoms with Gasteiger partial charge in [-0.1, -0.05) is 45.4 Å². The standard InChI is InChI=1S/C24H43N5O5S/c1-2-3-4-7-10-19-34-21-20(23(31)32)22(35-27-21)26-24(33)25-11-8-5-6-9-12-28-13-15-29(16-14-28)17-18-30/h30H,2-19H2,1H3,(H,31,32)(H2,25,26,33). The van der Waals surface area contributed by atoms with E-state index in [0.717, 1.165) is 102 Å². The number of aliphatic hydroxyl groups excluding tert-OH is 1. The van der Waals surface area contributed by atoms with Crippen LogP contribution < -0.4 is 15.4 Å². The zero-order valence-corrected chi connectivity index (χ0v) is 21.9. The van der Waals surface area contributed by atoms with E-state index in [1.54, 1.807) is 0 Å². The first kappa shape index (κ1) is 29.3. The Bertz CT molecular complexity index is 740. The van der Waals surface area contributed by atoms with Crippen LogP contribution in [0.4, 0.5) is 9.80 Å². The number of anilines is 1. The molecule has 0 saturated carbocycles. The number of hydrogen-bond acceptors (Lipinski definition) is 8. The maximum atomic E-state index is 12.2. The fourth-order valence-corrected chi connectivity index (χ4v) is 4.79. The second-order valence-electron chi connectivity index (χ2n) is 8.96. The molecule has 2 amide bonds. The molecule has 0 aromatic carbocycles. The van der Waals surface area contributed by atoms with Crippen molar-refractivity contribution in [1.29, 1.82) is 0 Å². The van der Waals surface area contributed by atoms with E-state index in [1.807, 2.05) is 0 Å². The summed E-state index contributed by atoms with van der Waals surface area (Å²) in [5, 5.41) is 24.2. The Kier molecular flexibility index (Phi) is 14.6. The minimum atomic E-state index is -1.16. The molecule has 1 saturated heterocycles. The van der Waals surface area contributed by atoms with Gasteiger partial charge in [0, 0.05) is 39.3 Å². The first-order chi connectivity index (χ1) is 17.0. The number of piperazine rings is 1. The molecule has 2 rings (SSSR count). The van der Waals surface area contributed by atoms with E-state index < -0.39 is 12.0 Å². The molecule has 200 valence electrons. The Morgan fingerprint density at radius 1 is 0.971 bits per heavy atom. The Hall–Kier alpha value is -1.95. The lowest BCUT2D eigenvalue weighted by molar-refractivity contribution is 0.0693. The number of aliphatic hydroxyl groups is 1. The van der Waals surface area contributed by atoms with Crippen LogP contribution >= 0.6 is 11.5 Å². The Morgan fingerprint density at radius 2 is 1.63 bits per heavy atom. The number of β-amino-alcohol motifs (C(OH)–C–C–N with tert-alkyl or cyclic N) is 1. The van der Waals surface area contributed by atoms with Crippen LogP contribution in [0.1, 0.15) is 75.1 Å². The molecule has 1 aliphatic rings. The minimum Gasteiger partial charge on any atom is -0.477 e. The first-order valence-electron chi connectivity index (χ1n) is 13.0. The highest BCUT2D eigenvalue weighted by Gasteiger charge is 2.23. The summed E-state index contributed by atoms with van der Waals surface area (Å²) < 4.78 is 9.65. The van der Waals surface area contributed by atoms with Gasteiger partial charge < -0.3 is 25.2 Å². The van der Waals surface area contributed by atoms with Crippen molar-refractivity contribution in [3.8, 4) is 5.88 Å². The molecule has 1 fully saturated rings. The van der Waals surface area contributed by atoms with Gasteiger partial charge >= 0.3 is 12.0 Å². The Balaban J connectivity index is 1.58. The number of carbonyl (C=O) groups is 2. The number of carbonyl (C=O) groups excluding carboxylic acids is 1. The lowest BCUT2D eigenvalue weighted by Crippen LogP contribution is -2.47. The summed E-state index contributed by atoms with van der Waals surface area (Å²) >= 11 is 0.923. The number of carboxylic acid groups (broad SMARTS) is 1. The molecule has 0 aliphatic carbocycles. The van der Waals surface area contributed by atoms with Crippen LogP contribution in [-0.2, 0) is 0 Å². The highest BCUT2D eigenvalue weighted by Crippen LogP contribution is 2.30. The number of carboxylic acids is 1. The van der Waals surface area contributed by atoms with Crippen molar-refractivity contribution < 1.29 is 24.5 Å². The Morgan fingerprint density at radius 3 is 2.31 bits per heavy atom. The third kappa shape index (κ3) is 11.6. The number of ether oxygens (including phenoxy) is 1. The first-order valence-corrected chi connectivity index (χ1v) is 13.8. The largest absolute Gasteiger partial charge is 0.477 e. The second kappa shape index (κ2) is 17.5. The molecule has 10 nitrogen and oxygen atoms in total. The van der Waals surface area contributed by atoms with E-state index in [2.05, 4.69) is 31.7 Å². The number of rotatable bonds is 18. The van der Waals surface area contributed by atoms with Crippen LogP contribution in [0.15, 0.2) is 0 Å². The minimum absolute atomic E-state index is 0.0723. The van der Waals surface area contributed by atoms with Gasteiger partial charge in [-0.25, -0.2) is 9.59 Å². The molecule has 1 aromatic rings. The smallest absolute Gasteiger partial charge is 0.344 e. The van der Waals surface area contributed by atoms with Gasteiger partial charge in [-0.2, -0.15) is 4.37 Å². The summed E-state index contributed by atoms with van der Waals surface area (Å²) in [6, 6.07) is -0.428. The average Bonchev–Trinajstić information content (AvgIpc) is 3.24. The maximum Gasteiger partial charge on any atom is 0.344 e. The fraction of sp³-hybridized carbons (Fsp3) is 0.792. The highest BCUT2D eigenvalue weighted by atomic mass is 32.1. The van der Waals surface area contributed by atoms with E-state index in [-0.39, 0.29) is 23.1 Å². The molecule has 0 unspecified atom stereocenters. The second-order valence-corrected chi connectivity index (χ2v) is 9.74. The topological polar surface area (TPSA) is 127 Å². The fourth-order valence-electron chi connectivity index (χ4n) is 4.06. The number of unbranched alkanes of at least 4 members (excludes halogenated alkanes) is 7. The number of nitrogens with one attached hydrogen (secondary N) is 2. The third-order valence-electron chi connectivity index (χ3n) is 6.16. The quantitative estimate of drug-likeness (QED) is 0.220. The molecule has 0 radical (unpaired) electrons. The molecular formula is C24H43N5O5S. The van der Waals surface area contributed by atoms with Gasteiger partial charge in [0.1, 0.15) is 5.00 Å². The zero-order chi connectivity index (χ0) is 25.3. The highest BCUT2D eigenvalue weighted by molar-refractivity contribution is 7.11. The molecule has 11 heteroatoms. The van der Waals surface area contributed by atoms with E-state index in [4.69, 9.17) is 9.84 Å². The molecule has 1 aliphatic heterocycles. The molecule has 35 heavy (non-hydrogen) atoms. The maximum absolute atomic E-state index is 12.2. The third-order valence-corrected chi connectivity index (χ3v) is 6.90. The molecule has 4 N–H and O–H groups in total. The number of urea groups is 1. The summed E-state index contributed by atoms with van der Waals surface area (Å²) in [7, 11) is 0. The number of hydrogen-bond donors (Lipinski definition) is 4. The predicted molar refractivity (Wildman–Crippen MR) is 139 cm³/mol. The summed E-state index contributed by atoms with van der Waals surface area (Å²) in [5.74, 6) is -1.09. The molecule has 0 spiro atoms. The van der Waals surface area contributed by atoms with E-state index in [9.17, 15) is 14.7 Å². The van der Waals surface area contributed by atoms with Crippen LogP contribution in [-0.4, -0.2) is 95.4 Å². The van der Waals surface area contributed by atoms with Crippen molar-refractivity contribution in [3.63, 3.8) is 0 Å². The van der Waals surface area contributed by atoms with Gasteiger partial charge in [0.25, 0.3) is 0 Å². The van der Waals surface area contributed by atoms with Crippen molar-refractivity contribution in [2.24, 2.45) is 0 Å². The van der Waals surface area contributed by atoms with Gasteiger partial charge in [0.15, 0.2) is 5.56 Å². The van der Waals surface area contributed by atoms with Crippen molar-refractivity contribution in [2.75, 3.05) is 64.3 Å². The van der Waals surface area contributed by atoms with E-state index >= 15 is 0 Å². The van der Waals surface area contributed by atoms with Gasteiger partial charge in [-0.15, -0.1) is 0 Å². The monoisotopic (exact) mass is 513 g/mol. The average molecular weight is 514 g/mol. The number of amides is 2. The van der Waals surface area contributed by atoms with Crippen molar-refractivity contribution in [3.05, 3.63) is 5.56 Å².